The van der Waals surface area contributed by atoms with Crippen LogP contribution in [0.25, 0.3) is 0 Å². The summed E-state index contributed by atoms with van der Waals surface area (Å²) in [5.41, 5.74) is 1.53. The van der Waals surface area contributed by atoms with Crippen molar-refractivity contribution in [1.82, 2.24) is 4.90 Å². The van der Waals surface area contributed by atoms with Crippen molar-refractivity contribution in [2.75, 3.05) is 49.0 Å². The van der Waals surface area contributed by atoms with E-state index in [1.807, 2.05) is 31.2 Å². The van der Waals surface area contributed by atoms with Gasteiger partial charge in [0.25, 0.3) is 10.0 Å². The van der Waals surface area contributed by atoms with E-state index in [1.54, 1.807) is 24.3 Å². The minimum atomic E-state index is -3.66. The first-order valence-electron chi connectivity index (χ1n) is 9.35. The lowest BCUT2D eigenvalue weighted by molar-refractivity contribution is 0.271. The quantitative estimate of drug-likeness (QED) is 0.789. The molecular weight excluding hydrogens is 362 g/mol. The maximum absolute atomic E-state index is 12.8. The lowest BCUT2D eigenvalue weighted by atomic mass is 10.2. The molecule has 0 aromatic heterocycles. The van der Waals surface area contributed by atoms with Gasteiger partial charge in [0, 0.05) is 26.2 Å². The molecule has 0 radical (unpaired) electrons. The number of nitrogens with zero attached hydrogens (tertiary/aromatic N) is 2. The van der Waals surface area contributed by atoms with Gasteiger partial charge in [-0.25, -0.2) is 8.42 Å². The number of ether oxygens (including phenoxy) is 1. The smallest absolute Gasteiger partial charge is 0.261 e. The van der Waals surface area contributed by atoms with Crippen LogP contribution in [0.4, 0.5) is 11.4 Å². The third-order valence-electron chi connectivity index (χ3n) is 4.75. The van der Waals surface area contributed by atoms with Gasteiger partial charge in [-0.2, -0.15) is 0 Å². The summed E-state index contributed by atoms with van der Waals surface area (Å²) in [4.78, 5) is 4.85. The van der Waals surface area contributed by atoms with Crippen molar-refractivity contribution >= 4 is 21.4 Å². The predicted octanol–water partition coefficient (Wildman–Crippen LogP) is 3.03. The van der Waals surface area contributed by atoms with E-state index in [0.29, 0.717) is 18.0 Å². The molecule has 146 valence electrons. The fourth-order valence-electron chi connectivity index (χ4n) is 3.23. The monoisotopic (exact) mass is 389 g/mol. The molecule has 0 atom stereocenters. The van der Waals surface area contributed by atoms with Crippen LogP contribution in [0.15, 0.2) is 53.4 Å². The van der Waals surface area contributed by atoms with E-state index in [1.165, 1.54) is 0 Å². The zero-order chi connectivity index (χ0) is 19.3. The van der Waals surface area contributed by atoms with Gasteiger partial charge < -0.3 is 14.5 Å². The molecule has 27 heavy (non-hydrogen) atoms. The molecule has 2 aromatic carbocycles. The Labute approximate surface area is 161 Å². The molecule has 0 spiro atoms. The number of hydrogen-bond donors (Lipinski definition) is 1. The van der Waals surface area contributed by atoms with Gasteiger partial charge in [0.2, 0.25) is 0 Å². The standard InChI is InChI=1S/C20H27N3O3S/c1-3-22-13-15-23(16-14-22)20-8-6-5-7-19(20)21-27(24,25)18-11-9-17(10-12-18)26-4-2/h5-12,21H,3-4,13-16H2,1-2H3. The van der Waals surface area contributed by atoms with Crippen molar-refractivity contribution < 1.29 is 13.2 Å². The van der Waals surface area contributed by atoms with Crippen LogP contribution in [-0.2, 0) is 10.0 Å². The van der Waals surface area contributed by atoms with Crippen molar-refractivity contribution in [3.05, 3.63) is 48.5 Å². The maximum Gasteiger partial charge on any atom is 0.261 e. The lowest BCUT2D eigenvalue weighted by Gasteiger charge is -2.36. The topological polar surface area (TPSA) is 61.9 Å². The molecule has 0 aliphatic carbocycles. The minimum Gasteiger partial charge on any atom is -0.494 e. The fourth-order valence-corrected chi connectivity index (χ4v) is 4.30. The molecule has 7 heteroatoms. The van der Waals surface area contributed by atoms with E-state index >= 15 is 0 Å². The van der Waals surface area contributed by atoms with Crippen molar-refractivity contribution in [1.29, 1.82) is 0 Å². The lowest BCUT2D eigenvalue weighted by Crippen LogP contribution is -2.46. The molecule has 0 bridgehead atoms. The second-order valence-electron chi connectivity index (χ2n) is 6.45. The summed E-state index contributed by atoms with van der Waals surface area (Å²) in [5, 5.41) is 0. The number of hydrogen-bond acceptors (Lipinski definition) is 5. The Morgan fingerprint density at radius 2 is 1.63 bits per heavy atom. The van der Waals surface area contributed by atoms with Crippen LogP contribution in [0, 0.1) is 0 Å². The Balaban J connectivity index is 1.79. The van der Waals surface area contributed by atoms with Gasteiger partial charge in [-0.1, -0.05) is 19.1 Å². The SMILES string of the molecule is CCOc1ccc(S(=O)(=O)Nc2ccccc2N2CCN(CC)CC2)cc1. The maximum atomic E-state index is 12.8. The van der Waals surface area contributed by atoms with E-state index in [4.69, 9.17) is 4.74 Å². The second-order valence-corrected chi connectivity index (χ2v) is 8.13. The number of benzene rings is 2. The minimum absolute atomic E-state index is 0.219. The molecule has 1 aliphatic rings. The number of likely N-dealkylation sites (N-methyl/N-ethyl adjacent to an activating group) is 1. The number of nitrogens with one attached hydrogen (secondary N) is 1. The highest BCUT2D eigenvalue weighted by Crippen LogP contribution is 2.29. The van der Waals surface area contributed by atoms with Crippen molar-refractivity contribution in [3.63, 3.8) is 0 Å². The Kier molecular flexibility index (Phi) is 6.23. The highest BCUT2D eigenvalue weighted by atomic mass is 32.2. The molecule has 1 N–H and O–H groups in total. The molecule has 6 nitrogen and oxygen atoms in total. The number of piperazine rings is 1. The Hall–Kier alpha value is -2.25. The Morgan fingerprint density at radius 3 is 2.26 bits per heavy atom. The van der Waals surface area contributed by atoms with E-state index < -0.39 is 10.0 Å². The van der Waals surface area contributed by atoms with Crippen LogP contribution in [0.1, 0.15) is 13.8 Å². The van der Waals surface area contributed by atoms with Crippen LogP contribution >= 0.6 is 0 Å². The van der Waals surface area contributed by atoms with E-state index in [9.17, 15) is 8.42 Å². The fraction of sp³-hybridized carbons (Fsp3) is 0.400. The molecule has 3 rings (SSSR count). The summed E-state index contributed by atoms with van der Waals surface area (Å²) in [6, 6.07) is 14.1. The summed E-state index contributed by atoms with van der Waals surface area (Å²) in [6.45, 7) is 9.37. The average Bonchev–Trinajstić information content (AvgIpc) is 2.69. The zero-order valence-electron chi connectivity index (χ0n) is 15.9. The van der Waals surface area contributed by atoms with Gasteiger partial charge in [0.05, 0.1) is 22.9 Å². The van der Waals surface area contributed by atoms with Crippen LogP contribution in [0.3, 0.4) is 0 Å². The third kappa shape index (κ3) is 4.73. The Bertz CT molecular complexity index is 845. The molecule has 0 amide bonds. The summed E-state index contributed by atoms with van der Waals surface area (Å²) >= 11 is 0. The predicted molar refractivity (Wildman–Crippen MR) is 109 cm³/mol. The van der Waals surface area contributed by atoms with Gasteiger partial charge in [0.15, 0.2) is 0 Å². The average molecular weight is 390 g/mol. The molecule has 1 heterocycles. The summed E-state index contributed by atoms with van der Waals surface area (Å²) < 4.78 is 33.8. The van der Waals surface area contributed by atoms with Gasteiger partial charge in [-0.15, -0.1) is 0 Å². The van der Waals surface area contributed by atoms with E-state index in [0.717, 1.165) is 38.4 Å². The number of anilines is 2. The Morgan fingerprint density at radius 1 is 0.963 bits per heavy atom. The highest BCUT2D eigenvalue weighted by molar-refractivity contribution is 7.92. The van der Waals surface area contributed by atoms with Crippen LogP contribution < -0.4 is 14.4 Å². The van der Waals surface area contributed by atoms with Gasteiger partial charge in [-0.3, -0.25) is 4.72 Å². The molecule has 2 aromatic rings. The zero-order valence-corrected chi connectivity index (χ0v) is 16.7. The van der Waals surface area contributed by atoms with Crippen molar-refractivity contribution in [3.8, 4) is 5.75 Å². The van der Waals surface area contributed by atoms with Gasteiger partial charge in [-0.05, 0) is 49.9 Å². The first-order chi connectivity index (χ1) is 13.0. The molecule has 0 unspecified atom stereocenters. The van der Waals surface area contributed by atoms with Gasteiger partial charge >= 0.3 is 0 Å². The third-order valence-corrected chi connectivity index (χ3v) is 6.14. The normalized spacial score (nSPS) is 15.6. The molecule has 1 fully saturated rings. The van der Waals surface area contributed by atoms with Crippen molar-refractivity contribution in [2.24, 2.45) is 0 Å². The summed E-state index contributed by atoms with van der Waals surface area (Å²) in [7, 11) is -3.66. The number of para-hydroxylation sites is 2. The van der Waals surface area contributed by atoms with E-state index in [-0.39, 0.29) is 4.90 Å². The van der Waals surface area contributed by atoms with Crippen LogP contribution in [-0.4, -0.2) is 52.6 Å². The molecule has 1 saturated heterocycles. The highest BCUT2D eigenvalue weighted by Gasteiger charge is 2.21. The molecule has 0 saturated carbocycles. The van der Waals surface area contributed by atoms with Crippen LogP contribution in [0.2, 0.25) is 0 Å². The first-order valence-corrected chi connectivity index (χ1v) is 10.8. The second kappa shape index (κ2) is 8.63. The van der Waals surface area contributed by atoms with Crippen LogP contribution in [0.5, 0.6) is 5.75 Å². The molecule has 1 aliphatic heterocycles. The van der Waals surface area contributed by atoms with E-state index in [2.05, 4.69) is 21.4 Å². The first kappa shape index (κ1) is 19.5. The van der Waals surface area contributed by atoms with Crippen molar-refractivity contribution in [2.45, 2.75) is 18.7 Å². The van der Waals surface area contributed by atoms with Gasteiger partial charge in [0.1, 0.15) is 5.75 Å². The summed E-state index contributed by atoms with van der Waals surface area (Å²) in [5.74, 6) is 0.658. The number of sulfonamides is 1. The molecular formula is C20H27N3O3S. The summed E-state index contributed by atoms with van der Waals surface area (Å²) in [6.07, 6.45) is 0. The number of rotatable bonds is 7. The largest absolute Gasteiger partial charge is 0.494 e.